The number of fused-ring (bicyclic) bond motifs is 1. The molecule has 10 heteroatoms. The molecule has 0 aliphatic carbocycles. The van der Waals surface area contributed by atoms with Crippen molar-refractivity contribution in [2.24, 2.45) is 0 Å². The Kier molecular flexibility index (Phi) is 8.78. The summed E-state index contributed by atoms with van der Waals surface area (Å²) in [6, 6.07) is 13.3. The van der Waals surface area contributed by atoms with E-state index >= 15 is 0 Å². The number of hydrogen-bond donors (Lipinski definition) is 1. The van der Waals surface area contributed by atoms with Gasteiger partial charge in [-0.05, 0) is 49.1 Å². The average molecular weight is 489 g/mol. The molecule has 9 nitrogen and oxygen atoms in total. The monoisotopic (exact) mass is 488 g/mol. The van der Waals surface area contributed by atoms with Gasteiger partial charge in [0, 0.05) is 26.1 Å². The first kappa shape index (κ1) is 25.4. The van der Waals surface area contributed by atoms with Crippen molar-refractivity contribution in [2.75, 3.05) is 26.3 Å². The molecule has 0 bridgehead atoms. The molecular formula is C24H28N2O7S. The van der Waals surface area contributed by atoms with Gasteiger partial charge in [-0.3, -0.25) is 9.59 Å². The third kappa shape index (κ3) is 6.64. The van der Waals surface area contributed by atoms with Crippen LogP contribution in [0.25, 0.3) is 0 Å². The number of nitrogens with one attached hydrogen (secondary N) is 1. The maximum Gasteiger partial charge on any atom is 0.338 e. The minimum atomic E-state index is -3.81. The zero-order chi connectivity index (χ0) is 24.6. The van der Waals surface area contributed by atoms with Crippen LogP contribution in [-0.4, -0.2) is 56.9 Å². The second-order valence-corrected chi connectivity index (χ2v) is 9.66. The minimum Gasteiger partial charge on any atom is -0.466 e. The van der Waals surface area contributed by atoms with Crippen LogP contribution in [0.5, 0.6) is 0 Å². The first-order chi connectivity index (χ1) is 16.3. The van der Waals surface area contributed by atoms with Crippen LogP contribution < -0.4 is 5.32 Å². The van der Waals surface area contributed by atoms with Crippen LogP contribution in [-0.2, 0) is 42.1 Å². The molecule has 1 aliphatic heterocycles. The molecule has 34 heavy (non-hydrogen) atoms. The highest BCUT2D eigenvalue weighted by atomic mass is 32.2. The van der Waals surface area contributed by atoms with Gasteiger partial charge in [-0.1, -0.05) is 30.3 Å². The summed E-state index contributed by atoms with van der Waals surface area (Å²) in [5.41, 5.74) is 2.13. The number of esters is 2. The van der Waals surface area contributed by atoms with E-state index in [0.29, 0.717) is 26.0 Å². The second kappa shape index (κ2) is 11.8. The largest absolute Gasteiger partial charge is 0.466 e. The summed E-state index contributed by atoms with van der Waals surface area (Å²) < 4.78 is 37.5. The van der Waals surface area contributed by atoms with Crippen LogP contribution in [0.3, 0.4) is 0 Å². The first-order valence-corrected chi connectivity index (χ1v) is 12.5. The smallest absolute Gasteiger partial charge is 0.338 e. The predicted molar refractivity (Wildman–Crippen MR) is 123 cm³/mol. The Labute approximate surface area is 199 Å². The van der Waals surface area contributed by atoms with Gasteiger partial charge < -0.3 is 14.8 Å². The highest BCUT2D eigenvalue weighted by Gasteiger charge is 2.28. The Hall–Kier alpha value is -3.24. The topological polar surface area (TPSA) is 119 Å². The van der Waals surface area contributed by atoms with E-state index in [4.69, 9.17) is 9.47 Å². The molecule has 0 spiro atoms. The van der Waals surface area contributed by atoms with E-state index in [2.05, 4.69) is 5.32 Å². The van der Waals surface area contributed by atoms with Gasteiger partial charge in [0.1, 0.15) is 0 Å². The summed E-state index contributed by atoms with van der Waals surface area (Å²) >= 11 is 0. The normalized spacial score (nSPS) is 13.6. The number of benzene rings is 2. The fraction of sp³-hybridized carbons (Fsp3) is 0.375. The number of carbonyl (C=O) groups excluding carboxylic acids is 3. The van der Waals surface area contributed by atoms with Gasteiger partial charge >= 0.3 is 11.9 Å². The van der Waals surface area contributed by atoms with E-state index in [1.165, 1.54) is 28.6 Å². The third-order valence-corrected chi connectivity index (χ3v) is 7.16. The average Bonchev–Trinajstić information content (AvgIpc) is 2.85. The van der Waals surface area contributed by atoms with Crippen molar-refractivity contribution in [2.45, 2.75) is 37.6 Å². The molecule has 0 saturated carbocycles. The summed E-state index contributed by atoms with van der Waals surface area (Å²) in [6.07, 6.45) is 1.20. The first-order valence-electron chi connectivity index (χ1n) is 11.1. The lowest BCUT2D eigenvalue weighted by Gasteiger charge is -2.28. The highest BCUT2D eigenvalue weighted by Crippen LogP contribution is 2.25. The lowest BCUT2D eigenvalue weighted by molar-refractivity contribution is -0.143. The molecule has 1 N–H and O–H groups in total. The quantitative estimate of drug-likeness (QED) is 0.402. The number of nitrogens with zero attached hydrogens (tertiary/aromatic N) is 1. The molecule has 1 aliphatic rings. The Balaban J connectivity index is 1.54. The minimum absolute atomic E-state index is 0.00949. The van der Waals surface area contributed by atoms with Crippen molar-refractivity contribution in [1.29, 1.82) is 0 Å². The van der Waals surface area contributed by atoms with Crippen molar-refractivity contribution in [1.82, 2.24) is 9.62 Å². The van der Waals surface area contributed by atoms with Crippen molar-refractivity contribution < 1.29 is 32.3 Å². The maximum absolute atomic E-state index is 13.2. The summed E-state index contributed by atoms with van der Waals surface area (Å²) in [4.78, 5) is 35.5. The molecule has 2 aromatic carbocycles. The van der Waals surface area contributed by atoms with Crippen molar-refractivity contribution in [3.05, 3.63) is 65.2 Å². The number of sulfonamides is 1. The molecule has 182 valence electrons. The zero-order valence-electron chi connectivity index (χ0n) is 19.0. The van der Waals surface area contributed by atoms with E-state index in [1.807, 2.05) is 24.3 Å². The molecule has 0 radical (unpaired) electrons. The SMILES string of the molecule is CCOC(=O)CCCNC(=O)COC(=O)c1cccc(S(=O)(=O)N2CCc3ccccc3C2)c1. The molecule has 1 heterocycles. The highest BCUT2D eigenvalue weighted by molar-refractivity contribution is 7.89. The Morgan fingerprint density at radius 2 is 1.79 bits per heavy atom. The summed E-state index contributed by atoms with van der Waals surface area (Å²) in [6.45, 7) is 2.36. The molecule has 2 aromatic rings. The van der Waals surface area contributed by atoms with Gasteiger partial charge in [-0.2, -0.15) is 4.31 Å². The number of amides is 1. The van der Waals surface area contributed by atoms with Crippen LogP contribution in [0.2, 0.25) is 0 Å². The Bertz CT molecular complexity index is 1150. The van der Waals surface area contributed by atoms with Gasteiger partial charge in [0.15, 0.2) is 6.61 Å². The standard InChI is InChI=1S/C24H28N2O7S/c1-2-32-23(28)11-6-13-25-22(27)17-33-24(29)19-9-5-10-21(15-19)34(30,31)26-14-12-18-7-3-4-8-20(18)16-26/h3-5,7-10,15H,2,6,11-14,16-17H2,1H3,(H,25,27). The molecule has 3 rings (SSSR count). The van der Waals surface area contributed by atoms with Gasteiger partial charge in [0.25, 0.3) is 5.91 Å². The summed E-state index contributed by atoms with van der Waals surface area (Å²) in [5, 5.41) is 2.55. The molecule has 0 aromatic heterocycles. The summed E-state index contributed by atoms with van der Waals surface area (Å²) in [5.74, 6) is -1.66. The third-order valence-electron chi connectivity index (χ3n) is 5.32. The lowest BCUT2D eigenvalue weighted by Crippen LogP contribution is -2.36. The Morgan fingerprint density at radius 1 is 1.03 bits per heavy atom. The summed E-state index contributed by atoms with van der Waals surface area (Å²) in [7, 11) is -3.81. The molecule has 0 atom stereocenters. The van der Waals surface area contributed by atoms with E-state index in [1.54, 1.807) is 6.92 Å². The van der Waals surface area contributed by atoms with Crippen molar-refractivity contribution in [3.63, 3.8) is 0 Å². The van der Waals surface area contributed by atoms with Crippen LogP contribution in [0.4, 0.5) is 0 Å². The van der Waals surface area contributed by atoms with Gasteiger partial charge in [0.2, 0.25) is 10.0 Å². The van der Waals surface area contributed by atoms with Gasteiger partial charge in [-0.25, -0.2) is 13.2 Å². The number of rotatable bonds is 10. The second-order valence-electron chi connectivity index (χ2n) is 7.72. The molecule has 0 unspecified atom stereocenters. The maximum atomic E-state index is 13.2. The van der Waals surface area contributed by atoms with Crippen LogP contribution in [0.1, 0.15) is 41.3 Å². The molecule has 0 saturated heterocycles. The van der Waals surface area contributed by atoms with Crippen LogP contribution >= 0.6 is 0 Å². The van der Waals surface area contributed by atoms with E-state index < -0.39 is 28.5 Å². The number of ether oxygens (including phenoxy) is 2. The molecule has 1 amide bonds. The van der Waals surface area contributed by atoms with E-state index in [-0.39, 0.29) is 35.9 Å². The van der Waals surface area contributed by atoms with Crippen molar-refractivity contribution in [3.8, 4) is 0 Å². The van der Waals surface area contributed by atoms with Gasteiger partial charge in [-0.15, -0.1) is 0 Å². The number of hydrogen-bond acceptors (Lipinski definition) is 7. The predicted octanol–water partition coefficient (Wildman–Crippen LogP) is 2.05. The zero-order valence-corrected chi connectivity index (χ0v) is 19.8. The van der Waals surface area contributed by atoms with Gasteiger partial charge in [0.05, 0.1) is 17.1 Å². The fourth-order valence-corrected chi connectivity index (χ4v) is 5.03. The fourth-order valence-electron chi connectivity index (χ4n) is 3.57. The molecular weight excluding hydrogens is 460 g/mol. The van der Waals surface area contributed by atoms with Crippen LogP contribution in [0, 0.1) is 0 Å². The van der Waals surface area contributed by atoms with Crippen LogP contribution in [0.15, 0.2) is 53.4 Å². The Morgan fingerprint density at radius 3 is 2.56 bits per heavy atom. The lowest BCUT2D eigenvalue weighted by atomic mass is 10.0. The number of carbonyl (C=O) groups is 3. The van der Waals surface area contributed by atoms with E-state index in [0.717, 1.165) is 11.1 Å². The molecule has 0 fully saturated rings. The van der Waals surface area contributed by atoms with E-state index in [9.17, 15) is 22.8 Å². The van der Waals surface area contributed by atoms with Crippen molar-refractivity contribution >= 4 is 27.9 Å².